The smallest absolute Gasteiger partial charge is 0.317 e. The fraction of sp³-hybridized carbons (Fsp3) is 0.875. The van der Waals surface area contributed by atoms with E-state index in [1.165, 1.54) is 0 Å². The van der Waals surface area contributed by atoms with Gasteiger partial charge in [-0.15, -0.1) is 0 Å². The van der Waals surface area contributed by atoms with Crippen molar-refractivity contribution in [3.05, 3.63) is 0 Å². The molecule has 1 fully saturated rings. The summed E-state index contributed by atoms with van der Waals surface area (Å²) in [4.78, 5) is 12.2. The van der Waals surface area contributed by atoms with Crippen molar-refractivity contribution in [3.8, 4) is 0 Å². The van der Waals surface area contributed by atoms with E-state index in [1.54, 1.807) is 13.8 Å². The Balaban J connectivity index is 2.69. The van der Waals surface area contributed by atoms with Crippen LogP contribution < -0.4 is 5.32 Å². The van der Waals surface area contributed by atoms with Crippen LogP contribution in [0, 0.1) is 0 Å². The average molecular weight is 210 g/mol. The van der Waals surface area contributed by atoms with Gasteiger partial charge in [0.05, 0.1) is 12.2 Å². The molecule has 1 aliphatic rings. The molecule has 0 radical (unpaired) electrons. The molecule has 3 nitrogen and oxygen atoms in total. The van der Waals surface area contributed by atoms with Gasteiger partial charge >= 0.3 is 6.18 Å². The number of carbonyl (C=O) groups excluding carboxylic acids is 1. The Bertz CT molecular complexity index is 229. The minimum Gasteiger partial charge on any atom is -0.317 e. The van der Waals surface area contributed by atoms with Gasteiger partial charge in [-0.1, -0.05) is 6.92 Å². The molecule has 1 N–H and O–H groups in total. The van der Waals surface area contributed by atoms with Crippen LogP contribution in [0.5, 0.6) is 0 Å². The molecule has 1 rings (SSSR count). The maximum absolute atomic E-state index is 12.1. The van der Waals surface area contributed by atoms with Crippen molar-refractivity contribution < 1.29 is 18.0 Å². The van der Waals surface area contributed by atoms with Crippen LogP contribution in [0.15, 0.2) is 0 Å². The second kappa shape index (κ2) is 3.76. The highest BCUT2D eigenvalue weighted by Gasteiger charge is 2.41. The highest BCUT2D eigenvalue weighted by molar-refractivity contribution is 5.83. The van der Waals surface area contributed by atoms with E-state index in [-0.39, 0.29) is 0 Å². The number of rotatable bonds is 2. The lowest BCUT2D eigenvalue weighted by Gasteiger charge is -2.24. The van der Waals surface area contributed by atoms with Crippen molar-refractivity contribution in [3.63, 3.8) is 0 Å². The first-order valence-corrected chi connectivity index (χ1v) is 4.48. The van der Waals surface area contributed by atoms with Gasteiger partial charge in [0.2, 0.25) is 5.91 Å². The van der Waals surface area contributed by atoms with Gasteiger partial charge in [-0.25, -0.2) is 0 Å². The summed E-state index contributed by atoms with van der Waals surface area (Å²) in [5.41, 5.74) is 0. The Labute approximate surface area is 80.3 Å². The van der Waals surface area contributed by atoms with Gasteiger partial charge < -0.3 is 4.90 Å². The topological polar surface area (TPSA) is 32.3 Å². The standard InChI is InChI=1S/C8H13F3N2O/c1-3-6-12-5(2)7(14)13(6)4-8(9,10)11/h5-6,12H,3-4H2,1-2H3. The first-order valence-electron chi connectivity index (χ1n) is 4.48. The van der Waals surface area contributed by atoms with Gasteiger partial charge in [0.25, 0.3) is 0 Å². The number of hydrogen-bond acceptors (Lipinski definition) is 2. The zero-order chi connectivity index (χ0) is 10.9. The van der Waals surface area contributed by atoms with E-state index in [0.717, 1.165) is 4.90 Å². The van der Waals surface area contributed by atoms with Crippen molar-refractivity contribution in [1.29, 1.82) is 0 Å². The molecular formula is C8H13F3N2O. The normalized spacial score (nSPS) is 28.6. The number of nitrogens with zero attached hydrogens (tertiary/aromatic N) is 1. The Morgan fingerprint density at radius 2 is 2.07 bits per heavy atom. The number of nitrogens with one attached hydrogen (secondary N) is 1. The van der Waals surface area contributed by atoms with E-state index in [9.17, 15) is 18.0 Å². The second-order valence-electron chi connectivity index (χ2n) is 3.39. The van der Waals surface area contributed by atoms with Crippen LogP contribution in [-0.4, -0.2) is 35.7 Å². The van der Waals surface area contributed by atoms with Gasteiger partial charge in [-0.05, 0) is 13.3 Å². The summed E-state index contributed by atoms with van der Waals surface area (Å²) in [7, 11) is 0. The molecule has 1 heterocycles. The van der Waals surface area contributed by atoms with Crippen molar-refractivity contribution in [1.82, 2.24) is 10.2 Å². The summed E-state index contributed by atoms with van der Waals surface area (Å²) in [6.07, 6.45) is -4.33. The van der Waals surface area contributed by atoms with Gasteiger partial charge in [-0.2, -0.15) is 13.2 Å². The van der Waals surface area contributed by atoms with Crippen LogP contribution in [0.4, 0.5) is 13.2 Å². The summed E-state index contributed by atoms with van der Waals surface area (Å²) in [6.45, 7) is 2.15. The van der Waals surface area contributed by atoms with Gasteiger partial charge in [-0.3, -0.25) is 10.1 Å². The molecule has 2 atom stereocenters. The summed E-state index contributed by atoms with van der Waals surface area (Å²) in [5, 5.41) is 2.80. The van der Waals surface area contributed by atoms with Crippen molar-refractivity contribution >= 4 is 5.91 Å². The number of carbonyl (C=O) groups is 1. The maximum Gasteiger partial charge on any atom is 0.406 e. The predicted molar refractivity (Wildman–Crippen MR) is 44.4 cm³/mol. The zero-order valence-corrected chi connectivity index (χ0v) is 8.06. The molecule has 0 aromatic heterocycles. The summed E-state index contributed by atoms with van der Waals surface area (Å²) >= 11 is 0. The SMILES string of the molecule is CCC1NC(C)C(=O)N1CC(F)(F)F. The largest absolute Gasteiger partial charge is 0.406 e. The highest BCUT2D eigenvalue weighted by atomic mass is 19.4. The third-order valence-corrected chi connectivity index (χ3v) is 2.21. The van der Waals surface area contributed by atoms with Crippen LogP contribution >= 0.6 is 0 Å². The molecule has 2 unspecified atom stereocenters. The van der Waals surface area contributed by atoms with E-state index in [2.05, 4.69) is 5.32 Å². The molecule has 0 saturated carbocycles. The third-order valence-electron chi connectivity index (χ3n) is 2.21. The van der Waals surface area contributed by atoms with Gasteiger partial charge in [0.1, 0.15) is 6.54 Å². The first-order chi connectivity index (χ1) is 6.35. The van der Waals surface area contributed by atoms with Crippen molar-refractivity contribution in [2.24, 2.45) is 0 Å². The minimum absolute atomic E-state index is 0.478. The predicted octanol–water partition coefficient (Wildman–Crippen LogP) is 1.11. The van der Waals surface area contributed by atoms with Crippen LogP contribution in [0.2, 0.25) is 0 Å². The number of amides is 1. The highest BCUT2D eigenvalue weighted by Crippen LogP contribution is 2.22. The molecule has 14 heavy (non-hydrogen) atoms. The van der Waals surface area contributed by atoms with Gasteiger partial charge in [0.15, 0.2) is 0 Å². The Morgan fingerprint density at radius 1 is 1.50 bits per heavy atom. The van der Waals surface area contributed by atoms with E-state index < -0.39 is 30.8 Å². The minimum atomic E-state index is -4.32. The van der Waals surface area contributed by atoms with Crippen LogP contribution in [0.3, 0.4) is 0 Å². The number of hydrogen-bond donors (Lipinski definition) is 1. The van der Waals surface area contributed by atoms with Crippen LogP contribution in [0.1, 0.15) is 20.3 Å². The lowest BCUT2D eigenvalue weighted by Crippen LogP contribution is -2.42. The van der Waals surface area contributed by atoms with Crippen molar-refractivity contribution in [2.75, 3.05) is 6.54 Å². The number of halogens is 3. The molecule has 0 aliphatic carbocycles. The summed E-state index contributed by atoms with van der Waals surface area (Å²) < 4.78 is 36.3. The molecule has 1 aliphatic heterocycles. The lowest BCUT2D eigenvalue weighted by molar-refractivity contribution is -0.161. The Morgan fingerprint density at radius 3 is 2.50 bits per heavy atom. The van der Waals surface area contributed by atoms with E-state index in [0.29, 0.717) is 6.42 Å². The molecule has 0 aromatic carbocycles. The fourth-order valence-corrected chi connectivity index (χ4v) is 1.57. The maximum atomic E-state index is 12.1. The molecule has 6 heteroatoms. The van der Waals surface area contributed by atoms with Crippen molar-refractivity contribution in [2.45, 2.75) is 38.7 Å². The average Bonchev–Trinajstić information content (AvgIpc) is 2.30. The Kier molecular flexibility index (Phi) is 3.04. The monoisotopic (exact) mass is 210 g/mol. The van der Waals surface area contributed by atoms with E-state index >= 15 is 0 Å². The quantitative estimate of drug-likeness (QED) is 0.740. The molecule has 0 spiro atoms. The molecule has 1 saturated heterocycles. The molecule has 82 valence electrons. The lowest BCUT2D eigenvalue weighted by atomic mass is 10.3. The Hall–Kier alpha value is -0.780. The fourth-order valence-electron chi connectivity index (χ4n) is 1.57. The molecular weight excluding hydrogens is 197 g/mol. The zero-order valence-electron chi connectivity index (χ0n) is 8.06. The van der Waals surface area contributed by atoms with Crippen LogP contribution in [0.25, 0.3) is 0 Å². The van der Waals surface area contributed by atoms with Crippen LogP contribution in [-0.2, 0) is 4.79 Å². The first kappa shape index (κ1) is 11.3. The van der Waals surface area contributed by atoms with E-state index in [4.69, 9.17) is 0 Å². The summed E-state index contributed by atoms with van der Waals surface area (Å²) in [6, 6.07) is -0.512. The van der Waals surface area contributed by atoms with E-state index in [1.807, 2.05) is 0 Å². The third kappa shape index (κ3) is 2.37. The summed E-state index contributed by atoms with van der Waals surface area (Å²) in [5.74, 6) is -0.478. The molecule has 0 bridgehead atoms. The molecule has 0 aromatic rings. The van der Waals surface area contributed by atoms with Gasteiger partial charge in [0, 0.05) is 0 Å². The number of alkyl halides is 3. The second-order valence-corrected chi connectivity index (χ2v) is 3.39. The molecule has 1 amide bonds.